The lowest BCUT2D eigenvalue weighted by Crippen LogP contribution is -2.37. The molecule has 2 aromatic heterocycles. The van der Waals surface area contributed by atoms with Gasteiger partial charge in [0.25, 0.3) is 11.1 Å². The first-order valence-electron chi connectivity index (χ1n) is 11.4. The summed E-state index contributed by atoms with van der Waals surface area (Å²) in [6, 6.07) is 14.0. The van der Waals surface area contributed by atoms with E-state index in [4.69, 9.17) is 0 Å². The number of aromatic nitrogens is 4. The van der Waals surface area contributed by atoms with Gasteiger partial charge in [-0.1, -0.05) is 24.3 Å². The fourth-order valence-corrected chi connectivity index (χ4v) is 3.96. The predicted molar refractivity (Wildman–Crippen MR) is 147 cm³/mol. The van der Waals surface area contributed by atoms with Gasteiger partial charge in [-0.15, -0.1) is 24.8 Å². The molecule has 36 heavy (non-hydrogen) atoms. The van der Waals surface area contributed by atoms with Gasteiger partial charge in [-0.2, -0.15) is 0 Å². The molecule has 0 amide bonds. The average Bonchev–Trinajstić information content (AvgIpc) is 2.83. The highest BCUT2D eigenvalue weighted by Crippen LogP contribution is 2.04. The van der Waals surface area contributed by atoms with Gasteiger partial charge in [-0.3, -0.25) is 18.7 Å². The van der Waals surface area contributed by atoms with Crippen molar-refractivity contribution >= 4 is 46.6 Å². The molecular formula is C24H30Cl2N6O4. The topological polar surface area (TPSA) is 134 Å². The van der Waals surface area contributed by atoms with Gasteiger partial charge in [0.15, 0.2) is 0 Å². The van der Waals surface area contributed by atoms with Crippen LogP contribution in [0.4, 0.5) is 0 Å². The summed E-state index contributed by atoms with van der Waals surface area (Å²) in [5.41, 5.74) is -0.235. The van der Waals surface area contributed by atoms with Crippen molar-refractivity contribution in [3.8, 4) is 0 Å². The second kappa shape index (κ2) is 13.8. The van der Waals surface area contributed by atoms with Gasteiger partial charge in [0, 0.05) is 26.2 Å². The Kier molecular flexibility index (Phi) is 11.1. The summed E-state index contributed by atoms with van der Waals surface area (Å²) in [4.78, 5) is 54.8. The summed E-state index contributed by atoms with van der Waals surface area (Å²) < 4.78 is 2.47. The van der Waals surface area contributed by atoms with E-state index in [1.165, 1.54) is 9.13 Å². The number of benzene rings is 2. The molecule has 0 aliphatic heterocycles. The summed E-state index contributed by atoms with van der Waals surface area (Å²) in [7, 11) is 0. The molecule has 0 unspecified atom stereocenters. The van der Waals surface area contributed by atoms with E-state index in [0.717, 1.165) is 13.1 Å². The molecule has 0 aliphatic carbocycles. The van der Waals surface area contributed by atoms with E-state index >= 15 is 0 Å². The predicted octanol–water partition coefficient (Wildman–Crippen LogP) is 1.20. The number of H-pyrrole nitrogens is 2. The maximum absolute atomic E-state index is 12.5. The van der Waals surface area contributed by atoms with Crippen molar-refractivity contribution in [3.05, 3.63) is 90.2 Å². The van der Waals surface area contributed by atoms with Gasteiger partial charge < -0.3 is 20.6 Å². The zero-order valence-electron chi connectivity index (χ0n) is 19.6. The lowest BCUT2D eigenvalue weighted by molar-refractivity contribution is 0.526. The van der Waals surface area contributed by atoms with Gasteiger partial charge in [0.1, 0.15) is 0 Å². The van der Waals surface area contributed by atoms with Crippen LogP contribution in [0.5, 0.6) is 0 Å². The Labute approximate surface area is 218 Å². The van der Waals surface area contributed by atoms with Crippen molar-refractivity contribution in [2.75, 3.05) is 26.2 Å². The molecule has 4 N–H and O–H groups in total. The van der Waals surface area contributed by atoms with Crippen LogP contribution in [0.2, 0.25) is 0 Å². The lowest BCUT2D eigenvalue weighted by Gasteiger charge is -2.09. The number of nitrogens with zero attached hydrogens (tertiary/aromatic N) is 2. The monoisotopic (exact) mass is 536 g/mol. The highest BCUT2D eigenvalue weighted by atomic mass is 35.5. The fourth-order valence-electron chi connectivity index (χ4n) is 3.96. The zero-order chi connectivity index (χ0) is 23.9. The summed E-state index contributed by atoms with van der Waals surface area (Å²) in [5.74, 6) is 0. The number of fused-ring (bicyclic) bond motifs is 2. The van der Waals surface area contributed by atoms with E-state index in [0.29, 0.717) is 60.8 Å². The van der Waals surface area contributed by atoms with Gasteiger partial charge in [0.05, 0.1) is 21.8 Å². The largest absolute Gasteiger partial charge is 0.328 e. The van der Waals surface area contributed by atoms with Crippen molar-refractivity contribution in [1.82, 2.24) is 29.7 Å². The summed E-state index contributed by atoms with van der Waals surface area (Å²) >= 11 is 0. The van der Waals surface area contributed by atoms with Crippen molar-refractivity contribution in [2.45, 2.75) is 25.9 Å². The molecule has 2 aromatic carbocycles. The van der Waals surface area contributed by atoms with Crippen LogP contribution >= 0.6 is 24.8 Å². The van der Waals surface area contributed by atoms with Crippen LogP contribution < -0.4 is 33.1 Å². The second-order valence-corrected chi connectivity index (χ2v) is 8.07. The van der Waals surface area contributed by atoms with Crippen LogP contribution in [0.25, 0.3) is 21.8 Å². The first-order valence-corrected chi connectivity index (χ1v) is 11.4. The summed E-state index contributed by atoms with van der Waals surface area (Å²) in [5, 5.41) is 7.57. The standard InChI is InChI=1S/C24H28N6O4.2ClH/c31-21-17-7-1-3-9-19(17)27-23(33)29(21)15-5-11-25-13-14-26-12-6-16-30-22(32)18-8-2-4-10-20(18)28-24(30)34;;/h1-4,7-10,25-26H,5-6,11-16H2,(H,27,33)(H,28,34);2*1H. The SMILES string of the molecule is Cl.Cl.O=c1[nH]c2ccccc2c(=O)n1CCCNCCNCCCn1c(=O)[nH]c2ccccc2c1=O. The van der Waals surface area contributed by atoms with Gasteiger partial charge >= 0.3 is 11.4 Å². The number of hydrogen-bond acceptors (Lipinski definition) is 6. The second-order valence-electron chi connectivity index (χ2n) is 8.07. The number of hydrogen-bond donors (Lipinski definition) is 4. The summed E-state index contributed by atoms with van der Waals surface area (Å²) in [6.45, 7) is 3.46. The Balaban J connectivity index is 0.00000228. The molecule has 0 aliphatic rings. The van der Waals surface area contributed by atoms with E-state index in [-0.39, 0.29) is 35.9 Å². The van der Waals surface area contributed by atoms with Crippen LogP contribution in [0.1, 0.15) is 12.8 Å². The molecule has 2 heterocycles. The summed E-state index contributed by atoms with van der Waals surface area (Å²) in [6.07, 6.45) is 1.30. The molecule has 0 spiro atoms. The number of aromatic amines is 2. The molecular weight excluding hydrogens is 507 g/mol. The third-order valence-corrected chi connectivity index (χ3v) is 5.73. The van der Waals surface area contributed by atoms with E-state index < -0.39 is 11.4 Å². The van der Waals surface area contributed by atoms with E-state index in [1.807, 2.05) is 0 Å². The van der Waals surface area contributed by atoms with Gasteiger partial charge in [-0.25, -0.2) is 9.59 Å². The molecule has 4 aromatic rings. The normalized spacial score (nSPS) is 10.8. The van der Waals surface area contributed by atoms with Crippen molar-refractivity contribution < 1.29 is 0 Å². The zero-order valence-corrected chi connectivity index (χ0v) is 21.3. The number of nitrogens with one attached hydrogen (secondary N) is 4. The highest BCUT2D eigenvalue weighted by Gasteiger charge is 2.07. The number of rotatable bonds is 11. The molecule has 4 rings (SSSR count). The van der Waals surface area contributed by atoms with E-state index in [9.17, 15) is 19.2 Å². The Morgan fingerprint density at radius 2 is 0.972 bits per heavy atom. The van der Waals surface area contributed by atoms with Gasteiger partial charge in [-0.05, 0) is 50.2 Å². The molecule has 0 fully saturated rings. The minimum atomic E-state index is -0.394. The Hall–Kier alpha value is -3.18. The molecule has 194 valence electrons. The molecule has 10 nitrogen and oxygen atoms in total. The van der Waals surface area contributed by atoms with Gasteiger partial charge in [0.2, 0.25) is 0 Å². The van der Waals surface area contributed by atoms with Crippen molar-refractivity contribution in [2.24, 2.45) is 0 Å². The highest BCUT2D eigenvalue weighted by molar-refractivity contribution is 5.85. The molecule has 0 radical (unpaired) electrons. The molecule has 0 atom stereocenters. The quantitative estimate of drug-likeness (QED) is 0.213. The minimum Gasteiger partial charge on any atom is -0.315 e. The molecule has 0 saturated heterocycles. The third kappa shape index (κ3) is 6.73. The maximum Gasteiger partial charge on any atom is 0.328 e. The Morgan fingerprint density at radius 3 is 1.39 bits per heavy atom. The van der Waals surface area contributed by atoms with Crippen molar-refractivity contribution in [3.63, 3.8) is 0 Å². The number of halogens is 2. The van der Waals surface area contributed by atoms with Crippen molar-refractivity contribution in [1.29, 1.82) is 0 Å². The Morgan fingerprint density at radius 1 is 0.583 bits per heavy atom. The van der Waals surface area contributed by atoms with Crippen LogP contribution in [-0.2, 0) is 13.1 Å². The Bertz CT molecular complexity index is 1410. The van der Waals surface area contributed by atoms with Crippen LogP contribution in [0.3, 0.4) is 0 Å². The minimum absolute atomic E-state index is 0. The molecule has 0 saturated carbocycles. The average molecular weight is 537 g/mol. The van der Waals surface area contributed by atoms with E-state index in [1.54, 1.807) is 48.5 Å². The number of para-hydroxylation sites is 2. The first-order chi connectivity index (χ1) is 16.6. The van der Waals surface area contributed by atoms with Crippen LogP contribution in [0.15, 0.2) is 67.7 Å². The van der Waals surface area contributed by atoms with Crippen LogP contribution in [-0.4, -0.2) is 45.3 Å². The van der Waals surface area contributed by atoms with Crippen LogP contribution in [0, 0.1) is 0 Å². The smallest absolute Gasteiger partial charge is 0.315 e. The third-order valence-electron chi connectivity index (χ3n) is 5.73. The van der Waals surface area contributed by atoms with E-state index in [2.05, 4.69) is 20.6 Å². The lowest BCUT2D eigenvalue weighted by atomic mass is 10.2. The maximum atomic E-state index is 12.5. The molecule has 0 bridgehead atoms. The molecule has 12 heteroatoms. The fraction of sp³-hybridized carbons (Fsp3) is 0.333. The first kappa shape index (κ1) is 29.1.